The summed E-state index contributed by atoms with van der Waals surface area (Å²) >= 11 is 1.23. The molecule has 1 rings (SSSR count). The summed E-state index contributed by atoms with van der Waals surface area (Å²) in [5, 5.41) is 8.87. The van der Waals surface area contributed by atoms with Crippen LogP contribution >= 0.6 is 28.3 Å². The molecule has 0 bridgehead atoms. The predicted octanol–water partition coefficient (Wildman–Crippen LogP) is 1.24. The van der Waals surface area contributed by atoms with Crippen LogP contribution in [-0.4, -0.2) is 16.1 Å². The van der Waals surface area contributed by atoms with Crippen molar-refractivity contribution in [1.82, 2.24) is 4.98 Å². The standard InChI is InChI=1S/C6H8N2O2S.BrH/c1-3-4(2-5(9)10)11-6(7)8-3;/h2H2,1H3,(H2,7,8)(H,9,10);1H. The molecule has 1 aromatic rings. The van der Waals surface area contributed by atoms with E-state index in [1.54, 1.807) is 6.92 Å². The number of carboxylic acids is 1. The third-order valence-electron chi connectivity index (χ3n) is 1.22. The Kier molecular flexibility index (Phi) is 4.19. The summed E-state index contributed by atoms with van der Waals surface area (Å²) < 4.78 is 0. The van der Waals surface area contributed by atoms with Crippen LogP contribution in [0.15, 0.2) is 0 Å². The molecule has 6 heteroatoms. The fourth-order valence-electron chi connectivity index (χ4n) is 0.752. The number of hydrogen-bond donors (Lipinski definition) is 2. The maximum absolute atomic E-state index is 10.3. The van der Waals surface area contributed by atoms with Gasteiger partial charge in [-0.1, -0.05) is 0 Å². The number of halogens is 1. The number of carbonyl (C=O) groups is 1. The summed E-state index contributed by atoms with van der Waals surface area (Å²) in [7, 11) is 0. The number of aryl methyl sites for hydroxylation is 1. The first kappa shape index (κ1) is 11.4. The number of nitrogens with two attached hydrogens (primary N) is 1. The van der Waals surface area contributed by atoms with Crippen molar-refractivity contribution in [3.63, 3.8) is 0 Å². The van der Waals surface area contributed by atoms with Gasteiger partial charge in [-0.15, -0.1) is 28.3 Å². The Hall–Kier alpha value is -0.620. The van der Waals surface area contributed by atoms with E-state index in [1.807, 2.05) is 0 Å². The van der Waals surface area contributed by atoms with E-state index in [1.165, 1.54) is 11.3 Å². The van der Waals surface area contributed by atoms with Crippen LogP contribution < -0.4 is 5.73 Å². The lowest BCUT2D eigenvalue weighted by atomic mass is 10.3. The first-order valence-corrected chi connectivity index (χ1v) is 3.85. The second-order valence-electron chi connectivity index (χ2n) is 2.13. The van der Waals surface area contributed by atoms with Crippen molar-refractivity contribution in [1.29, 1.82) is 0 Å². The number of nitrogen functional groups attached to an aromatic ring is 1. The van der Waals surface area contributed by atoms with E-state index in [2.05, 4.69) is 4.98 Å². The number of aromatic nitrogens is 1. The highest BCUT2D eigenvalue weighted by Crippen LogP contribution is 2.19. The van der Waals surface area contributed by atoms with Gasteiger partial charge in [-0.2, -0.15) is 0 Å². The summed E-state index contributed by atoms with van der Waals surface area (Å²) in [5.74, 6) is -0.850. The Morgan fingerprint density at radius 2 is 2.33 bits per heavy atom. The molecule has 0 fully saturated rings. The SMILES string of the molecule is Br.Cc1nc(N)sc1CC(=O)O. The lowest BCUT2D eigenvalue weighted by Crippen LogP contribution is -1.99. The Bertz CT molecular complexity index is 287. The van der Waals surface area contributed by atoms with Crippen LogP contribution in [0.5, 0.6) is 0 Å². The number of carboxylic acid groups (broad SMARTS) is 1. The molecule has 1 aromatic heterocycles. The van der Waals surface area contributed by atoms with Gasteiger partial charge in [0.15, 0.2) is 5.13 Å². The van der Waals surface area contributed by atoms with Gasteiger partial charge in [-0.25, -0.2) is 4.98 Å². The van der Waals surface area contributed by atoms with Gasteiger partial charge >= 0.3 is 5.97 Å². The molecule has 0 aliphatic rings. The monoisotopic (exact) mass is 252 g/mol. The highest BCUT2D eigenvalue weighted by Gasteiger charge is 2.08. The molecule has 0 aliphatic carbocycles. The zero-order valence-electron chi connectivity index (χ0n) is 6.40. The van der Waals surface area contributed by atoms with Crippen LogP contribution in [0.2, 0.25) is 0 Å². The highest BCUT2D eigenvalue weighted by atomic mass is 79.9. The molecule has 0 aliphatic heterocycles. The Labute approximate surface area is 84.2 Å². The predicted molar refractivity (Wildman–Crippen MR) is 52.9 cm³/mol. The van der Waals surface area contributed by atoms with Crippen molar-refractivity contribution >= 4 is 39.4 Å². The number of hydrogen-bond acceptors (Lipinski definition) is 4. The van der Waals surface area contributed by atoms with Gasteiger partial charge in [0.2, 0.25) is 0 Å². The molecule has 0 saturated carbocycles. The Balaban J connectivity index is 0.00000121. The molecule has 0 atom stereocenters. The van der Waals surface area contributed by atoms with Crippen molar-refractivity contribution < 1.29 is 9.90 Å². The fraction of sp³-hybridized carbons (Fsp3) is 0.333. The maximum atomic E-state index is 10.3. The Morgan fingerprint density at radius 1 is 1.75 bits per heavy atom. The van der Waals surface area contributed by atoms with E-state index in [0.717, 1.165) is 10.6 Å². The number of aliphatic carboxylic acids is 1. The molecule has 0 amide bonds. The van der Waals surface area contributed by atoms with E-state index in [4.69, 9.17) is 10.8 Å². The van der Waals surface area contributed by atoms with Crippen LogP contribution in [0.3, 0.4) is 0 Å². The average Bonchev–Trinajstić information content (AvgIpc) is 2.09. The zero-order chi connectivity index (χ0) is 8.43. The molecule has 0 radical (unpaired) electrons. The van der Waals surface area contributed by atoms with Crippen LogP contribution in [0.1, 0.15) is 10.6 Å². The van der Waals surface area contributed by atoms with Gasteiger partial charge in [0.25, 0.3) is 0 Å². The van der Waals surface area contributed by atoms with Gasteiger partial charge < -0.3 is 10.8 Å². The van der Waals surface area contributed by atoms with E-state index < -0.39 is 5.97 Å². The van der Waals surface area contributed by atoms with Crippen molar-refractivity contribution in [3.05, 3.63) is 10.6 Å². The van der Waals surface area contributed by atoms with Gasteiger partial charge in [0.05, 0.1) is 12.1 Å². The van der Waals surface area contributed by atoms with Gasteiger partial charge in [-0.3, -0.25) is 4.79 Å². The molecule has 3 N–H and O–H groups in total. The molecule has 4 nitrogen and oxygen atoms in total. The van der Waals surface area contributed by atoms with Crippen molar-refractivity contribution in [2.45, 2.75) is 13.3 Å². The summed E-state index contributed by atoms with van der Waals surface area (Å²) in [6.07, 6.45) is 0.0146. The van der Waals surface area contributed by atoms with E-state index >= 15 is 0 Å². The second-order valence-corrected chi connectivity index (χ2v) is 3.25. The van der Waals surface area contributed by atoms with Crippen LogP contribution in [0.25, 0.3) is 0 Å². The normalized spacial score (nSPS) is 9.08. The van der Waals surface area contributed by atoms with Crippen LogP contribution in [0, 0.1) is 6.92 Å². The van der Waals surface area contributed by atoms with Gasteiger partial charge in [0, 0.05) is 4.88 Å². The molecule has 0 unspecified atom stereocenters. The van der Waals surface area contributed by atoms with Gasteiger partial charge in [0.1, 0.15) is 0 Å². The summed E-state index contributed by atoms with van der Waals surface area (Å²) in [4.78, 5) is 14.9. The minimum Gasteiger partial charge on any atom is -0.481 e. The average molecular weight is 253 g/mol. The zero-order valence-corrected chi connectivity index (χ0v) is 8.93. The molecule has 0 saturated heterocycles. The summed E-state index contributed by atoms with van der Waals surface area (Å²) in [5.41, 5.74) is 6.09. The maximum Gasteiger partial charge on any atom is 0.308 e. The quantitative estimate of drug-likeness (QED) is 0.831. The number of thiazole rings is 1. The van der Waals surface area contributed by atoms with Crippen molar-refractivity contribution in [2.75, 3.05) is 5.73 Å². The molecular weight excluding hydrogens is 244 g/mol. The molecule has 12 heavy (non-hydrogen) atoms. The minimum absolute atomic E-state index is 0. The third kappa shape index (κ3) is 2.78. The lowest BCUT2D eigenvalue weighted by Gasteiger charge is -1.89. The largest absolute Gasteiger partial charge is 0.481 e. The molecular formula is C6H9BrN2O2S. The fourth-order valence-corrected chi connectivity index (χ4v) is 1.58. The second kappa shape index (κ2) is 4.42. The van der Waals surface area contributed by atoms with E-state index in [-0.39, 0.29) is 23.4 Å². The molecule has 0 spiro atoms. The Morgan fingerprint density at radius 3 is 2.67 bits per heavy atom. The molecule has 0 aromatic carbocycles. The van der Waals surface area contributed by atoms with Gasteiger partial charge in [-0.05, 0) is 6.92 Å². The number of rotatable bonds is 2. The van der Waals surface area contributed by atoms with E-state index in [9.17, 15) is 4.79 Å². The number of anilines is 1. The van der Waals surface area contributed by atoms with Crippen LogP contribution in [-0.2, 0) is 11.2 Å². The number of nitrogens with zero attached hydrogens (tertiary/aromatic N) is 1. The molecule has 68 valence electrons. The minimum atomic E-state index is -0.850. The lowest BCUT2D eigenvalue weighted by molar-refractivity contribution is -0.136. The van der Waals surface area contributed by atoms with E-state index in [0.29, 0.717) is 5.13 Å². The first-order chi connectivity index (χ1) is 5.09. The highest BCUT2D eigenvalue weighted by molar-refractivity contribution is 8.93. The smallest absolute Gasteiger partial charge is 0.308 e. The third-order valence-corrected chi connectivity index (χ3v) is 2.21. The first-order valence-electron chi connectivity index (χ1n) is 3.03. The summed E-state index contributed by atoms with van der Waals surface area (Å²) in [6.45, 7) is 1.76. The van der Waals surface area contributed by atoms with Crippen LogP contribution in [0.4, 0.5) is 5.13 Å². The van der Waals surface area contributed by atoms with Crippen molar-refractivity contribution in [2.24, 2.45) is 0 Å². The topological polar surface area (TPSA) is 76.2 Å². The summed E-state index contributed by atoms with van der Waals surface area (Å²) in [6, 6.07) is 0. The van der Waals surface area contributed by atoms with Crippen molar-refractivity contribution in [3.8, 4) is 0 Å². The molecule has 1 heterocycles.